The first-order chi connectivity index (χ1) is 8.72. The molecule has 1 aromatic heterocycles. The smallest absolute Gasteiger partial charge is 0.374 e. The quantitative estimate of drug-likeness (QED) is 0.612. The van der Waals surface area contributed by atoms with Gasteiger partial charge in [0.05, 0.1) is 13.4 Å². The summed E-state index contributed by atoms with van der Waals surface area (Å²) in [4.78, 5) is 23.4. The fourth-order valence-corrected chi connectivity index (χ4v) is 1.65. The Morgan fingerprint density at radius 1 is 1.17 bits per heavy atom. The molecule has 0 bridgehead atoms. The van der Waals surface area contributed by atoms with Crippen LogP contribution in [0.5, 0.6) is 0 Å². The second-order valence-corrected chi connectivity index (χ2v) is 3.73. The molecule has 0 N–H and O–H groups in total. The highest BCUT2D eigenvalue weighted by atomic mass is 16.5. The van der Waals surface area contributed by atoms with Crippen LogP contribution in [0, 0.1) is 0 Å². The molecule has 0 aliphatic carbocycles. The van der Waals surface area contributed by atoms with Gasteiger partial charge in [0.2, 0.25) is 5.76 Å². The number of rotatable bonds is 4. The molecule has 0 fully saturated rings. The number of hydrogen-bond acceptors (Lipinski definition) is 4. The molecule has 92 valence electrons. The first-order valence-corrected chi connectivity index (χ1v) is 5.45. The maximum atomic E-state index is 12.0. The maximum absolute atomic E-state index is 12.0. The second kappa shape index (κ2) is 5.31. The predicted octanol–water partition coefficient (Wildman–Crippen LogP) is 2.49. The molecule has 0 amide bonds. The minimum Gasteiger partial charge on any atom is -0.463 e. The summed E-state index contributed by atoms with van der Waals surface area (Å²) in [6, 6.07) is 10.5. The van der Waals surface area contributed by atoms with Gasteiger partial charge in [0.1, 0.15) is 0 Å². The van der Waals surface area contributed by atoms with Gasteiger partial charge < -0.3 is 9.15 Å². The minimum atomic E-state index is -0.573. The average molecular weight is 244 g/mol. The number of furan rings is 1. The van der Waals surface area contributed by atoms with Crippen molar-refractivity contribution in [1.82, 2.24) is 0 Å². The van der Waals surface area contributed by atoms with Gasteiger partial charge >= 0.3 is 5.97 Å². The van der Waals surface area contributed by atoms with Crippen molar-refractivity contribution in [3.05, 3.63) is 59.5 Å². The van der Waals surface area contributed by atoms with E-state index in [4.69, 9.17) is 4.42 Å². The first-order valence-electron chi connectivity index (χ1n) is 5.45. The van der Waals surface area contributed by atoms with E-state index in [9.17, 15) is 9.59 Å². The lowest BCUT2D eigenvalue weighted by molar-refractivity contribution is 0.0563. The summed E-state index contributed by atoms with van der Waals surface area (Å²) in [5.74, 6) is -0.556. The van der Waals surface area contributed by atoms with Crippen molar-refractivity contribution in [2.75, 3.05) is 7.11 Å². The van der Waals surface area contributed by atoms with Gasteiger partial charge in [-0.2, -0.15) is 0 Å². The number of carbonyl (C=O) groups excluding carboxylic acids is 2. The van der Waals surface area contributed by atoms with E-state index in [0.717, 1.165) is 0 Å². The van der Waals surface area contributed by atoms with Crippen molar-refractivity contribution < 1.29 is 18.7 Å². The highest BCUT2D eigenvalue weighted by Crippen LogP contribution is 2.15. The molecular weight excluding hydrogens is 232 g/mol. The van der Waals surface area contributed by atoms with E-state index in [2.05, 4.69) is 4.74 Å². The number of ether oxygens (including phenoxy) is 1. The number of ketones is 1. The summed E-state index contributed by atoms with van der Waals surface area (Å²) in [6.07, 6.45) is 1.49. The van der Waals surface area contributed by atoms with Crippen LogP contribution >= 0.6 is 0 Å². The predicted molar refractivity (Wildman–Crippen MR) is 64.5 cm³/mol. The lowest BCUT2D eigenvalue weighted by atomic mass is 10.0. The van der Waals surface area contributed by atoms with Gasteiger partial charge in [-0.3, -0.25) is 4.79 Å². The van der Waals surface area contributed by atoms with Crippen LogP contribution in [0.2, 0.25) is 0 Å². The van der Waals surface area contributed by atoms with E-state index < -0.39 is 5.97 Å². The molecule has 4 nitrogen and oxygen atoms in total. The van der Waals surface area contributed by atoms with Crippen LogP contribution in [-0.2, 0) is 11.2 Å². The van der Waals surface area contributed by atoms with E-state index in [1.165, 1.54) is 13.4 Å². The van der Waals surface area contributed by atoms with Crippen molar-refractivity contribution in [3.63, 3.8) is 0 Å². The van der Waals surface area contributed by atoms with E-state index in [0.29, 0.717) is 11.1 Å². The van der Waals surface area contributed by atoms with Gasteiger partial charge in [-0.05, 0) is 6.07 Å². The number of esters is 1. The maximum Gasteiger partial charge on any atom is 0.374 e. The molecule has 1 heterocycles. The average Bonchev–Trinajstić information content (AvgIpc) is 2.87. The summed E-state index contributed by atoms with van der Waals surface area (Å²) in [5, 5.41) is 0. The number of benzene rings is 1. The molecule has 2 aromatic rings. The van der Waals surface area contributed by atoms with Gasteiger partial charge in [-0.15, -0.1) is 0 Å². The highest BCUT2D eigenvalue weighted by molar-refractivity contribution is 5.99. The third kappa shape index (κ3) is 2.48. The third-order valence-corrected chi connectivity index (χ3v) is 2.56. The van der Waals surface area contributed by atoms with Crippen LogP contribution in [0.15, 0.2) is 47.1 Å². The first kappa shape index (κ1) is 12.1. The van der Waals surface area contributed by atoms with E-state index in [1.54, 1.807) is 30.3 Å². The van der Waals surface area contributed by atoms with Crippen molar-refractivity contribution in [1.29, 1.82) is 0 Å². The molecule has 4 heteroatoms. The standard InChI is InChI=1S/C14H12O4/c1-17-14(16)13-11(7-8-18-13)9-12(15)10-5-3-2-4-6-10/h2-8H,9H2,1H3. The third-order valence-electron chi connectivity index (χ3n) is 2.56. The molecule has 0 aliphatic heterocycles. The molecule has 0 saturated carbocycles. The monoisotopic (exact) mass is 244 g/mol. The molecule has 1 aromatic carbocycles. The minimum absolute atomic E-state index is 0.0675. The fraction of sp³-hybridized carbons (Fsp3) is 0.143. The molecule has 0 unspecified atom stereocenters. The van der Waals surface area contributed by atoms with E-state index >= 15 is 0 Å². The topological polar surface area (TPSA) is 56.5 Å². The Hall–Kier alpha value is -2.36. The molecular formula is C14H12O4. The summed E-state index contributed by atoms with van der Waals surface area (Å²) < 4.78 is 9.61. The van der Waals surface area contributed by atoms with Gasteiger partial charge in [0, 0.05) is 17.5 Å². The molecule has 2 rings (SSSR count). The van der Waals surface area contributed by atoms with Gasteiger partial charge in [-0.1, -0.05) is 30.3 Å². The Morgan fingerprint density at radius 3 is 2.56 bits per heavy atom. The number of hydrogen-bond donors (Lipinski definition) is 0. The Bertz CT molecular complexity index is 554. The van der Waals surface area contributed by atoms with Crippen molar-refractivity contribution in [2.24, 2.45) is 0 Å². The van der Waals surface area contributed by atoms with E-state index in [-0.39, 0.29) is 18.0 Å². The summed E-state index contributed by atoms with van der Waals surface area (Å²) in [6.45, 7) is 0. The van der Waals surface area contributed by atoms with Crippen LogP contribution < -0.4 is 0 Å². The molecule has 0 spiro atoms. The molecule has 0 radical (unpaired) electrons. The van der Waals surface area contributed by atoms with Crippen LogP contribution in [0.4, 0.5) is 0 Å². The molecule has 18 heavy (non-hydrogen) atoms. The van der Waals surface area contributed by atoms with Crippen LogP contribution in [-0.4, -0.2) is 18.9 Å². The lowest BCUT2D eigenvalue weighted by Gasteiger charge is -2.01. The van der Waals surface area contributed by atoms with Crippen molar-refractivity contribution in [3.8, 4) is 0 Å². The lowest BCUT2D eigenvalue weighted by Crippen LogP contribution is -2.08. The fourth-order valence-electron chi connectivity index (χ4n) is 1.65. The van der Waals surface area contributed by atoms with Gasteiger partial charge in [0.15, 0.2) is 5.78 Å². The Balaban J connectivity index is 2.18. The second-order valence-electron chi connectivity index (χ2n) is 3.73. The normalized spacial score (nSPS) is 10.1. The van der Waals surface area contributed by atoms with Crippen LogP contribution in [0.25, 0.3) is 0 Å². The SMILES string of the molecule is COC(=O)c1occc1CC(=O)c1ccccc1. The van der Waals surface area contributed by atoms with Gasteiger partial charge in [-0.25, -0.2) is 4.79 Å². The zero-order valence-electron chi connectivity index (χ0n) is 9.88. The Kier molecular flexibility index (Phi) is 3.57. The summed E-state index contributed by atoms with van der Waals surface area (Å²) in [7, 11) is 1.27. The van der Waals surface area contributed by atoms with Crippen molar-refractivity contribution in [2.45, 2.75) is 6.42 Å². The molecule has 0 atom stereocenters. The number of Topliss-reactive ketones (excluding diaryl/α,β-unsaturated/α-hetero) is 1. The highest BCUT2D eigenvalue weighted by Gasteiger charge is 2.18. The van der Waals surface area contributed by atoms with Crippen molar-refractivity contribution >= 4 is 11.8 Å². The number of methoxy groups -OCH3 is 1. The largest absolute Gasteiger partial charge is 0.463 e. The Labute approximate surface area is 104 Å². The van der Waals surface area contributed by atoms with Crippen LogP contribution in [0.1, 0.15) is 26.5 Å². The molecule has 0 saturated heterocycles. The summed E-state index contributed by atoms with van der Waals surface area (Å²) >= 11 is 0. The summed E-state index contributed by atoms with van der Waals surface area (Å²) in [5.41, 5.74) is 1.14. The Morgan fingerprint density at radius 2 is 1.89 bits per heavy atom. The van der Waals surface area contributed by atoms with Crippen LogP contribution in [0.3, 0.4) is 0 Å². The number of carbonyl (C=O) groups is 2. The van der Waals surface area contributed by atoms with Gasteiger partial charge in [0.25, 0.3) is 0 Å². The zero-order chi connectivity index (χ0) is 13.0. The zero-order valence-corrected chi connectivity index (χ0v) is 9.88. The molecule has 0 aliphatic rings. The van der Waals surface area contributed by atoms with E-state index in [1.807, 2.05) is 6.07 Å².